The first kappa shape index (κ1) is 18.3. The zero-order valence-electron chi connectivity index (χ0n) is 16.4. The van der Waals surface area contributed by atoms with Gasteiger partial charge in [-0.05, 0) is 38.5 Å². The molecule has 2 aliphatic rings. The van der Waals surface area contributed by atoms with Crippen molar-refractivity contribution in [1.82, 2.24) is 14.5 Å². The van der Waals surface area contributed by atoms with Gasteiger partial charge in [-0.25, -0.2) is 4.98 Å². The molecule has 0 atom stereocenters. The van der Waals surface area contributed by atoms with Crippen LogP contribution in [-0.2, 0) is 4.79 Å². The topological polar surface area (TPSA) is 38.1 Å². The third kappa shape index (κ3) is 4.10. The first-order valence-electron chi connectivity index (χ1n) is 10.6. The Bertz CT molecular complexity index is 753. The number of hydrogen-bond acceptors (Lipinski definition) is 2. The highest BCUT2D eigenvalue weighted by Crippen LogP contribution is 2.31. The van der Waals surface area contributed by atoms with E-state index in [4.69, 9.17) is 0 Å². The summed E-state index contributed by atoms with van der Waals surface area (Å²) in [5.41, 5.74) is 2.38. The summed E-state index contributed by atoms with van der Waals surface area (Å²) >= 11 is 0. The Balaban J connectivity index is 1.40. The molecular weight excluding hydrogens is 334 g/mol. The van der Waals surface area contributed by atoms with Crippen molar-refractivity contribution in [3.63, 3.8) is 0 Å². The average molecular weight is 366 g/mol. The molecule has 0 spiro atoms. The van der Waals surface area contributed by atoms with Crippen molar-refractivity contribution in [1.29, 1.82) is 0 Å². The van der Waals surface area contributed by atoms with Crippen LogP contribution < -0.4 is 0 Å². The fourth-order valence-electron chi connectivity index (χ4n) is 4.85. The molecule has 27 heavy (non-hydrogen) atoms. The molecule has 4 rings (SSSR count). The third-order valence-corrected chi connectivity index (χ3v) is 6.38. The van der Waals surface area contributed by atoms with Crippen LogP contribution in [0.5, 0.6) is 0 Å². The zero-order valence-corrected chi connectivity index (χ0v) is 16.4. The molecule has 4 nitrogen and oxygen atoms in total. The van der Waals surface area contributed by atoms with Gasteiger partial charge in [-0.1, -0.05) is 49.6 Å². The van der Waals surface area contributed by atoms with Gasteiger partial charge in [0.05, 0.1) is 0 Å². The fraction of sp³-hybridized carbons (Fsp3) is 0.565. The lowest BCUT2D eigenvalue weighted by atomic mass is 9.86. The zero-order chi connectivity index (χ0) is 18.6. The van der Waals surface area contributed by atoms with Gasteiger partial charge in [0.25, 0.3) is 0 Å². The molecule has 1 aromatic carbocycles. The summed E-state index contributed by atoms with van der Waals surface area (Å²) in [6.45, 7) is 3.89. The maximum atomic E-state index is 12.7. The van der Waals surface area contributed by atoms with Crippen molar-refractivity contribution in [2.45, 2.75) is 64.3 Å². The number of nitrogens with zero attached hydrogens (tertiary/aromatic N) is 3. The molecule has 0 bridgehead atoms. The molecule has 1 saturated carbocycles. The molecule has 144 valence electrons. The highest BCUT2D eigenvalue weighted by atomic mass is 16.2. The van der Waals surface area contributed by atoms with Gasteiger partial charge in [0.15, 0.2) is 0 Å². The van der Waals surface area contributed by atoms with Gasteiger partial charge >= 0.3 is 0 Å². The van der Waals surface area contributed by atoms with E-state index >= 15 is 0 Å². The lowest BCUT2D eigenvalue weighted by molar-refractivity contribution is -0.133. The van der Waals surface area contributed by atoms with Gasteiger partial charge in [0.1, 0.15) is 5.82 Å². The summed E-state index contributed by atoms with van der Waals surface area (Å²) in [5.74, 6) is 2.07. The maximum absolute atomic E-state index is 12.7. The van der Waals surface area contributed by atoms with Gasteiger partial charge in [-0.3, -0.25) is 4.79 Å². The van der Waals surface area contributed by atoms with Crippen LogP contribution in [0.15, 0.2) is 36.5 Å². The third-order valence-electron chi connectivity index (χ3n) is 6.38. The van der Waals surface area contributed by atoms with Crippen LogP contribution in [0.1, 0.15) is 63.1 Å². The molecule has 2 aromatic rings. The van der Waals surface area contributed by atoms with Crippen LogP contribution in [0.3, 0.4) is 0 Å². The van der Waals surface area contributed by atoms with Crippen molar-refractivity contribution in [3.8, 4) is 11.4 Å². The molecule has 4 heteroatoms. The minimum Gasteiger partial charge on any atom is -0.343 e. The average Bonchev–Trinajstić information content (AvgIpc) is 3.11. The quantitative estimate of drug-likeness (QED) is 0.765. The van der Waals surface area contributed by atoms with Crippen LogP contribution in [-0.4, -0.2) is 33.4 Å². The smallest absolute Gasteiger partial charge is 0.222 e. The van der Waals surface area contributed by atoms with Crippen molar-refractivity contribution in [2.24, 2.45) is 5.92 Å². The fourth-order valence-corrected chi connectivity index (χ4v) is 4.85. The van der Waals surface area contributed by atoms with Crippen LogP contribution in [0.4, 0.5) is 0 Å². The molecule has 0 unspecified atom stereocenters. The van der Waals surface area contributed by atoms with E-state index in [2.05, 4.69) is 45.6 Å². The second-order valence-electron chi connectivity index (χ2n) is 8.28. The molecule has 2 heterocycles. The summed E-state index contributed by atoms with van der Waals surface area (Å²) in [6.07, 6.45) is 11.2. The summed E-state index contributed by atoms with van der Waals surface area (Å²) in [6, 6.07) is 10.9. The molecule has 1 aromatic heterocycles. The van der Waals surface area contributed by atoms with Gasteiger partial charge in [-0.15, -0.1) is 0 Å². The second-order valence-corrected chi connectivity index (χ2v) is 8.28. The Hall–Kier alpha value is -2.10. The van der Waals surface area contributed by atoms with E-state index in [9.17, 15) is 4.79 Å². The molecular formula is C23H31N3O. The Morgan fingerprint density at radius 2 is 1.74 bits per heavy atom. The first-order valence-corrected chi connectivity index (χ1v) is 10.6. The predicted molar refractivity (Wildman–Crippen MR) is 108 cm³/mol. The van der Waals surface area contributed by atoms with E-state index in [1.54, 1.807) is 0 Å². The van der Waals surface area contributed by atoms with E-state index in [1.807, 2.05) is 12.3 Å². The number of hydrogen-bond donors (Lipinski definition) is 0. The summed E-state index contributed by atoms with van der Waals surface area (Å²) < 4.78 is 2.39. The van der Waals surface area contributed by atoms with E-state index in [0.717, 1.165) is 38.2 Å². The van der Waals surface area contributed by atoms with Crippen molar-refractivity contribution in [3.05, 3.63) is 42.2 Å². The number of benzene rings is 1. The largest absolute Gasteiger partial charge is 0.343 e. The van der Waals surface area contributed by atoms with Crippen molar-refractivity contribution >= 4 is 5.91 Å². The number of amides is 1. The highest BCUT2D eigenvalue weighted by molar-refractivity contribution is 5.76. The summed E-state index contributed by atoms with van der Waals surface area (Å²) in [4.78, 5) is 19.5. The SMILES string of the molecule is Cc1cnc(-c2ccccc2)n1C1CCN(C(=O)CC2CCCCC2)CC1. The van der Waals surface area contributed by atoms with Gasteiger partial charge in [-0.2, -0.15) is 0 Å². The minimum atomic E-state index is 0.381. The molecule has 1 aliphatic heterocycles. The molecule has 0 radical (unpaired) electrons. The van der Waals surface area contributed by atoms with Crippen molar-refractivity contribution < 1.29 is 4.79 Å². The predicted octanol–water partition coefficient (Wildman–Crippen LogP) is 4.99. The first-order chi connectivity index (χ1) is 13.2. The monoisotopic (exact) mass is 365 g/mol. The van der Waals surface area contributed by atoms with E-state index in [1.165, 1.54) is 43.4 Å². The van der Waals surface area contributed by atoms with E-state index in [0.29, 0.717) is 17.9 Å². The number of rotatable bonds is 4. The van der Waals surface area contributed by atoms with Crippen LogP contribution in [0.25, 0.3) is 11.4 Å². The number of aryl methyl sites for hydroxylation is 1. The molecule has 1 aliphatic carbocycles. The molecule has 1 saturated heterocycles. The Kier molecular flexibility index (Phi) is 5.61. The number of carbonyl (C=O) groups is 1. The maximum Gasteiger partial charge on any atom is 0.222 e. The summed E-state index contributed by atoms with van der Waals surface area (Å²) in [7, 11) is 0. The molecule has 1 amide bonds. The molecule has 0 N–H and O–H groups in total. The number of carbonyl (C=O) groups excluding carboxylic acids is 1. The van der Waals surface area contributed by atoms with E-state index < -0.39 is 0 Å². The van der Waals surface area contributed by atoms with Crippen LogP contribution >= 0.6 is 0 Å². The lowest BCUT2D eigenvalue weighted by Crippen LogP contribution is -2.40. The van der Waals surface area contributed by atoms with E-state index in [-0.39, 0.29) is 0 Å². The van der Waals surface area contributed by atoms with Gasteiger partial charge < -0.3 is 9.47 Å². The van der Waals surface area contributed by atoms with Crippen LogP contribution in [0.2, 0.25) is 0 Å². The van der Waals surface area contributed by atoms with Gasteiger partial charge in [0.2, 0.25) is 5.91 Å². The summed E-state index contributed by atoms with van der Waals surface area (Å²) in [5, 5.41) is 0. The lowest BCUT2D eigenvalue weighted by Gasteiger charge is -2.35. The number of likely N-dealkylation sites (tertiary alicyclic amines) is 1. The van der Waals surface area contributed by atoms with Crippen LogP contribution in [0, 0.1) is 12.8 Å². The van der Waals surface area contributed by atoms with Crippen molar-refractivity contribution in [2.75, 3.05) is 13.1 Å². The Labute approximate surface area is 162 Å². The Morgan fingerprint density at radius 1 is 1.04 bits per heavy atom. The number of piperidine rings is 1. The number of imidazole rings is 1. The Morgan fingerprint density at radius 3 is 2.44 bits per heavy atom. The highest BCUT2D eigenvalue weighted by Gasteiger charge is 2.28. The standard InChI is InChI=1S/C23H31N3O/c1-18-17-24-23(20-10-6-3-7-11-20)26(18)21-12-14-25(15-13-21)22(27)16-19-8-4-2-5-9-19/h3,6-7,10-11,17,19,21H,2,4-5,8-9,12-16H2,1H3. The minimum absolute atomic E-state index is 0.381. The second kappa shape index (κ2) is 8.28. The van der Waals surface area contributed by atoms with Gasteiger partial charge in [0, 0.05) is 43.0 Å². The molecule has 2 fully saturated rings. The number of aromatic nitrogens is 2. The normalized spacial score (nSPS) is 19.4.